The van der Waals surface area contributed by atoms with Crippen molar-refractivity contribution in [1.82, 2.24) is 4.90 Å². The van der Waals surface area contributed by atoms with Crippen LogP contribution in [-0.2, 0) is 0 Å². The maximum Gasteiger partial charge on any atom is 0.0848 e. The molecule has 1 aromatic carbocycles. The Morgan fingerprint density at radius 2 is 1.83 bits per heavy atom. The first-order chi connectivity index (χ1) is 8.39. The number of nitrogens with zero attached hydrogens (tertiary/aromatic N) is 2. The molecule has 100 valence electrons. The third-order valence-electron chi connectivity index (χ3n) is 2.63. The van der Waals surface area contributed by atoms with Crippen LogP contribution >= 0.6 is 11.8 Å². The molecule has 18 heavy (non-hydrogen) atoms. The predicted octanol–water partition coefficient (Wildman–Crippen LogP) is 3.78. The van der Waals surface area contributed by atoms with E-state index in [0.29, 0.717) is 6.04 Å². The van der Waals surface area contributed by atoms with Crippen molar-refractivity contribution in [2.45, 2.75) is 31.7 Å². The first-order valence-electron chi connectivity index (χ1n) is 6.27. The molecule has 3 heteroatoms. The van der Waals surface area contributed by atoms with Crippen LogP contribution < -0.4 is 0 Å². The second kappa shape index (κ2) is 6.83. The van der Waals surface area contributed by atoms with Crippen LogP contribution in [0.5, 0.6) is 0 Å². The average Bonchev–Trinajstić information content (AvgIpc) is 2.28. The van der Waals surface area contributed by atoms with Gasteiger partial charge in [-0.1, -0.05) is 39.0 Å². The number of hydrogen-bond donors (Lipinski definition) is 0. The summed E-state index contributed by atoms with van der Waals surface area (Å²) in [4.78, 5) is 7.99. The zero-order valence-electron chi connectivity index (χ0n) is 12.1. The summed E-state index contributed by atoms with van der Waals surface area (Å²) in [6.07, 6.45) is 1.92. The van der Waals surface area contributed by atoms with E-state index in [1.54, 1.807) is 0 Å². The lowest BCUT2D eigenvalue weighted by atomic mass is 9.88. The van der Waals surface area contributed by atoms with Crippen molar-refractivity contribution in [1.29, 1.82) is 0 Å². The summed E-state index contributed by atoms with van der Waals surface area (Å²) in [5, 5.41) is 0. The highest BCUT2D eigenvalue weighted by atomic mass is 32.2. The maximum absolute atomic E-state index is 4.69. The van der Waals surface area contributed by atoms with Crippen LogP contribution in [0.4, 0.5) is 0 Å². The molecule has 0 aliphatic rings. The van der Waals surface area contributed by atoms with Gasteiger partial charge in [0.15, 0.2) is 0 Å². The normalized spacial score (nSPS) is 13.8. The fraction of sp³-hybridized carbons (Fsp3) is 0.533. The Labute approximate surface area is 115 Å². The van der Waals surface area contributed by atoms with Crippen LogP contribution in [0.15, 0.2) is 40.2 Å². The van der Waals surface area contributed by atoms with Gasteiger partial charge >= 0.3 is 0 Å². The molecule has 0 saturated heterocycles. The van der Waals surface area contributed by atoms with E-state index in [1.807, 2.05) is 37.1 Å². The Morgan fingerprint density at radius 3 is 2.33 bits per heavy atom. The minimum atomic E-state index is 0.189. The van der Waals surface area contributed by atoms with Crippen molar-refractivity contribution in [2.24, 2.45) is 10.4 Å². The number of aliphatic imine (C=N–C) groups is 1. The molecule has 0 aromatic heterocycles. The van der Waals surface area contributed by atoms with Crippen LogP contribution in [0.2, 0.25) is 0 Å². The Hall–Kier alpha value is -0.960. The minimum Gasteiger partial charge on any atom is -0.369 e. The molecular formula is C15H24N2S. The summed E-state index contributed by atoms with van der Waals surface area (Å²) in [5.74, 6) is 1.01. The van der Waals surface area contributed by atoms with Gasteiger partial charge < -0.3 is 4.90 Å². The molecule has 0 aliphatic carbocycles. The van der Waals surface area contributed by atoms with E-state index in [2.05, 4.69) is 56.1 Å². The quantitative estimate of drug-likeness (QED) is 0.457. The fourth-order valence-electron chi connectivity index (χ4n) is 1.42. The van der Waals surface area contributed by atoms with Crippen molar-refractivity contribution < 1.29 is 0 Å². The smallest absolute Gasteiger partial charge is 0.0848 e. The molecule has 0 heterocycles. The van der Waals surface area contributed by atoms with Gasteiger partial charge in [0.1, 0.15) is 0 Å². The van der Waals surface area contributed by atoms with E-state index in [4.69, 9.17) is 0 Å². The second-order valence-electron chi connectivity index (χ2n) is 5.73. The second-order valence-corrected chi connectivity index (χ2v) is 6.83. The molecule has 0 bridgehead atoms. The fourth-order valence-corrected chi connectivity index (χ4v) is 2.71. The highest BCUT2D eigenvalue weighted by molar-refractivity contribution is 7.99. The third-order valence-corrected chi connectivity index (χ3v) is 3.72. The topological polar surface area (TPSA) is 15.6 Å². The molecule has 0 radical (unpaired) electrons. The number of thioether (sulfide) groups is 1. The monoisotopic (exact) mass is 264 g/mol. The van der Waals surface area contributed by atoms with Gasteiger partial charge in [0.25, 0.3) is 0 Å². The van der Waals surface area contributed by atoms with Gasteiger partial charge in [0.2, 0.25) is 0 Å². The molecule has 0 unspecified atom stereocenters. The van der Waals surface area contributed by atoms with Crippen LogP contribution in [0.25, 0.3) is 0 Å². The van der Waals surface area contributed by atoms with Crippen LogP contribution in [-0.4, -0.2) is 37.1 Å². The summed E-state index contributed by atoms with van der Waals surface area (Å²) in [6, 6.07) is 10.8. The summed E-state index contributed by atoms with van der Waals surface area (Å²) in [6.45, 7) is 6.74. The zero-order valence-corrected chi connectivity index (χ0v) is 12.9. The van der Waals surface area contributed by atoms with E-state index >= 15 is 0 Å². The highest BCUT2D eigenvalue weighted by Gasteiger charge is 2.23. The first kappa shape index (κ1) is 15.1. The maximum atomic E-state index is 4.69. The predicted molar refractivity (Wildman–Crippen MR) is 82.6 cm³/mol. The van der Waals surface area contributed by atoms with E-state index in [-0.39, 0.29) is 5.41 Å². The zero-order chi connectivity index (χ0) is 13.6. The van der Waals surface area contributed by atoms with E-state index < -0.39 is 0 Å². The molecule has 1 atom stereocenters. The Morgan fingerprint density at radius 1 is 1.22 bits per heavy atom. The van der Waals surface area contributed by atoms with Gasteiger partial charge in [-0.15, -0.1) is 11.8 Å². The molecular weight excluding hydrogens is 240 g/mol. The summed E-state index contributed by atoms with van der Waals surface area (Å²) < 4.78 is 0. The van der Waals surface area contributed by atoms with Gasteiger partial charge in [0, 0.05) is 24.7 Å². The molecule has 0 spiro atoms. The largest absolute Gasteiger partial charge is 0.369 e. The molecule has 0 amide bonds. The molecule has 0 saturated carbocycles. The Bertz CT molecular complexity index is 366. The molecule has 0 aliphatic heterocycles. The number of hydrogen-bond acceptors (Lipinski definition) is 2. The number of rotatable bonds is 5. The standard InChI is InChI=1S/C15H24N2S/c1-15(2,3)14(16-12-17(4)5)11-18-13-9-7-6-8-10-13/h6-10,12,14H,11H2,1-5H3/t14-/m1/s1. The van der Waals surface area contributed by atoms with Gasteiger partial charge in [-0.3, -0.25) is 4.99 Å². The Balaban J connectivity index is 2.63. The Kier molecular flexibility index (Phi) is 5.73. The van der Waals surface area contributed by atoms with Crippen LogP contribution in [0, 0.1) is 5.41 Å². The summed E-state index contributed by atoms with van der Waals surface area (Å²) in [7, 11) is 4.01. The van der Waals surface area contributed by atoms with Crippen molar-refractivity contribution in [3.8, 4) is 0 Å². The van der Waals surface area contributed by atoms with Crippen LogP contribution in [0.1, 0.15) is 20.8 Å². The van der Waals surface area contributed by atoms with Crippen LogP contribution in [0.3, 0.4) is 0 Å². The number of benzene rings is 1. The van der Waals surface area contributed by atoms with E-state index in [1.165, 1.54) is 4.90 Å². The van der Waals surface area contributed by atoms with Crippen molar-refractivity contribution >= 4 is 18.1 Å². The molecule has 1 aromatic rings. The van der Waals surface area contributed by atoms with Gasteiger partial charge in [0.05, 0.1) is 12.4 Å². The van der Waals surface area contributed by atoms with E-state index in [0.717, 1.165) is 5.75 Å². The highest BCUT2D eigenvalue weighted by Crippen LogP contribution is 2.28. The van der Waals surface area contributed by atoms with Gasteiger partial charge in [-0.05, 0) is 17.5 Å². The molecule has 1 rings (SSSR count). The average molecular weight is 264 g/mol. The summed E-state index contributed by atoms with van der Waals surface area (Å²) >= 11 is 1.87. The lowest BCUT2D eigenvalue weighted by Crippen LogP contribution is -2.28. The first-order valence-corrected chi connectivity index (χ1v) is 7.26. The lowest BCUT2D eigenvalue weighted by Gasteiger charge is -2.27. The van der Waals surface area contributed by atoms with Gasteiger partial charge in [-0.25, -0.2) is 0 Å². The third kappa shape index (κ3) is 5.58. The van der Waals surface area contributed by atoms with E-state index in [9.17, 15) is 0 Å². The van der Waals surface area contributed by atoms with Gasteiger partial charge in [-0.2, -0.15) is 0 Å². The summed E-state index contributed by atoms with van der Waals surface area (Å²) in [5.41, 5.74) is 0.189. The van der Waals surface area contributed by atoms with Crippen molar-refractivity contribution in [2.75, 3.05) is 19.8 Å². The van der Waals surface area contributed by atoms with Crippen molar-refractivity contribution in [3.63, 3.8) is 0 Å². The molecule has 0 fully saturated rings. The van der Waals surface area contributed by atoms with Crippen molar-refractivity contribution in [3.05, 3.63) is 30.3 Å². The minimum absolute atomic E-state index is 0.189. The lowest BCUT2D eigenvalue weighted by molar-refractivity contribution is 0.344. The molecule has 0 N–H and O–H groups in total. The SMILES string of the molecule is CN(C)C=N[C@H](CSc1ccccc1)C(C)(C)C. The molecule has 2 nitrogen and oxygen atoms in total.